The van der Waals surface area contributed by atoms with E-state index in [9.17, 15) is 4.79 Å². The quantitative estimate of drug-likeness (QED) is 0.699. The Morgan fingerprint density at radius 3 is 2.92 bits per heavy atom. The molecule has 2 heterocycles. The van der Waals surface area contributed by atoms with Gasteiger partial charge in [-0.2, -0.15) is 0 Å². The molecule has 2 aromatic heterocycles. The van der Waals surface area contributed by atoms with Crippen LogP contribution < -0.4 is 5.56 Å². The van der Waals surface area contributed by atoms with Gasteiger partial charge in [-0.25, -0.2) is 14.6 Å². The minimum atomic E-state index is -0.0643. The molecule has 0 saturated carbocycles. The summed E-state index contributed by atoms with van der Waals surface area (Å²) in [6.07, 6.45) is 2.95. The number of fused-ring (bicyclic) bond motifs is 1. The highest BCUT2D eigenvalue weighted by atomic mass is 16.1. The van der Waals surface area contributed by atoms with Gasteiger partial charge in [0.25, 0.3) is 5.56 Å². The van der Waals surface area contributed by atoms with Gasteiger partial charge in [0.1, 0.15) is 11.7 Å². The maximum Gasteiger partial charge on any atom is 0.277 e. The van der Waals surface area contributed by atoms with E-state index in [1.54, 1.807) is 4.68 Å². The molecular formula is C8H10N4O. The van der Waals surface area contributed by atoms with Crippen LogP contribution in [0.5, 0.6) is 0 Å². The van der Waals surface area contributed by atoms with Crippen LogP contribution in [-0.2, 0) is 0 Å². The fourth-order valence-corrected chi connectivity index (χ4v) is 1.23. The van der Waals surface area contributed by atoms with Crippen LogP contribution in [0.1, 0.15) is 19.9 Å². The average Bonchev–Trinajstić information content (AvgIpc) is 2.45. The van der Waals surface area contributed by atoms with Crippen molar-refractivity contribution in [2.45, 2.75) is 19.9 Å². The van der Waals surface area contributed by atoms with Gasteiger partial charge in [0.15, 0.2) is 5.65 Å². The van der Waals surface area contributed by atoms with Crippen molar-refractivity contribution in [1.29, 1.82) is 0 Å². The van der Waals surface area contributed by atoms with Crippen molar-refractivity contribution in [1.82, 2.24) is 19.7 Å². The van der Waals surface area contributed by atoms with Crippen LogP contribution in [0.2, 0.25) is 0 Å². The second-order valence-corrected chi connectivity index (χ2v) is 3.17. The standard InChI is InChI=1S/C8H10N4O/c1-5(2)12-8(13)6-3-9-4-10-7(6)11-12/h3-5H,1-2H3,(H,9,10,11). The third-order valence-electron chi connectivity index (χ3n) is 1.90. The maximum absolute atomic E-state index is 11.6. The van der Waals surface area contributed by atoms with E-state index in [0.29, 0.717) is 11.0 Å². The van der Waals surface area contributed by atoms with Crippen LogP contribution in [-0.4, -0.2) is 19.7 Å². The first kappa shape index (κ1) is 7.97. The zero-order chi connectivity index (χ0) is 9.42. The Morgan fingerprint density at radius 2 is 2.31 bits per heavy atom. The van der Waals surface area contributed by atoms with E-state index in [1.165, 1.54) is 12.5 Å². The van der Waals surface area contributed by atoms with Crippen LogP contribution in [0.15, 0.2) is 17.3 Å². The van der Waals surface area contributed by atoms with E-state index in [-0.39, 0.29) is 11.6 Å². The van der Waals surface area contributed by atoms with Gasteiger partial charge in [-0.15, -0.1) is 0 Å². The highest BCUT2D eigenvalue weighted by molar-refractivity contribution is 5.71. The van der Waals surface area contributed by atoms with Gasteiger partial charge in [-0.05, 0) is 13.8 Å². The Morgan fingerprint density at radius 1 is 1.54 bits per heavy atom. The molecule has 68 valence electrons. The molecule has 0 spiro atoms. The van der Waals surface area contributed by atoms with Gasteiger partial charge in [-0.1, -0.05) is 0 Å². The Balaban J connectivity index is 2.82. The van der Waals surface area contributed by atoms with Crippen molar-refractivity contribution < 1.29 is 0 Å². The summed E-state index contributed by atoms with van der Waals surface area (Å²) in [6, 6.07) is 0.113. The SMILES string of the molecule is CC(C)n1[nH]c2ncncc2c1=O. The Bertz CT molecular complexity index is 482. The first-order valence-electron chi connectivity index (χ1n) is 4.10. The van der Waals surface area contributed by atoms with Crippen molar-refractivity contribution in [3.05, 3.63) is 22.9 Å². The van der Waals surface area contributed by atoms with Gasteiger partial charge < -0.3 is 0 Å². The zero-order valence-corrected chi connectivity index (χ0v) is 7.48. The van der Waals surface area contributed by atoms with Crippen LogP contribution in [0, 0.1) is 0 Å². The molecule has 0 aliphatic carbocycles. The summed E-state index contributed by atoms with van der Waals surface area (Å²) in [6.45, 7) is 3.87. The first-order valence-corrected chi connectivity index (χ1v) is 4.10. The second-order valence-electron chi connectivity index (χ2n) is 3.17. The lowest BCUT2D eigenvalue weighted by Gasteiger charge is -2.02. The van der Waals surface area contributed by atoms with E-state index in [0.717, 1.165) is 0 Å². The third kappa shape index (κ3) is 1.12. The largest absolute Gasteiger partial charge is 0.278 e. The fourth-order valence-electron chi connectivity index (χ4n) is 1.23. The summed E-state index contributed by atoms with van der Waals surface area (Å²) >= 11 is 0. The smallest absolute Gasteiger partial charge is 0.277 e. The molecule has 1 N–H and O–H groups in total. The lowest BCUT2D eigenvalue weighted by molar-refractivity contribution is 0.521. The molecule has 13 heavy (non-hydrogen) atoms. The fraction of sp³-hybridized carbons (Fsp3) is 0.375. The third-order valence-corrected chi connectivity index (χ3v) is 1.90. The Hall–Kier alpha value is -1.65. The van der Waals surface area contributed by atoms with Gasteiger partial charge in [-0.3, -0.25) is 9.89 Å². The highest BCUT2D eigenvalue weighted by Crippen LogP contribution is 2.04. The second kappa shape index (κ2) is 2.69. The van der Waals surface area contributed by atoms with E-state index in [4.69, 9.17) is 0 Å². The van der Waals surface area contributed by atoms with E-state index >= 15 is 0 Å². The normalized spacial score (nSPS) is 11.3. The van der Waals surface area contributed by atoms with Gasteiger partial charge in [0.2, 0.25) is 0 Å². The molecule has 0 bridgehead atoms. The molecule has 0 aliphatic rings. The average molecular weight is 178 g/mol. The summed E-state index contributed by atoms with van der Waals surface area (Å²) in [5, 5.41) is 3.45. The predicted molar refractivity (Wildman–Crippen MR) is 48.5 cm³/mol. The minimum absolute atomic E-state index is 0.0643. The molecule has 0 saturated heterocycles. The van der Waals surface area contributed by atoms with Crippen molar-refractivity contribution in [2.24, 2.45) is 0 Å². The molecule has 0 radical (unpaired) electrons. The number of nitrogens with one attached hydrogen (secondary N) is 1. The highest BCUT2D eigenvalue weighted by Gasteiger charge is 2.08. The molecule has 2 rings (SSSR count). The summed E-state index contributed by atoms with van der Waals surface area (Å²) in [7, 11) is 0. The number of aromatic amines is 1. The Labute approximate surface area is 74.4 Å². The van der Waals surface area contributed by atoms with Gasteiger partial charge in [0, 0.05) is 12.2 Å². The molecule has 0 unspecified atom stereocenters. The zero-order valence-electron chi connectivity index (χ0n) is 7.48. The summed E-state index contributed by atoms with van der Waals surface area (Å²) < 4.78 is 1.54. The van der Waals surface area contributed by atoms with Crippen molar-refractivity contribution >= 4 is 11.0 Å². The van der Waals surface area contributed by atoms with Gasteiger partial charge >= 0.3 is 0 Å². The maximum atomic E-state index is 11.6. The topological polar surface area (TPSA) is 63.6 Å². The number of hydrogen-bond donors (Lipinski definition) is 1. The van der Waals surface area contributed by atoms with Crippen LogP contribution in [0.3, 0.4) is 0 Å². The van der Waals surface area contributed by atoms with Crippen molar-refractivity contribution in [3.63, 3.8) is 0 Å². The number of aromatic nitrogens is 4. The van der Waals surface area contributed by atoms with Crippen LogP contribution in [0.25, 0.3) is 11.0 Å². The molecule has 0 aliphatic heterocycles. The Kier molecular flexibility index (Phi) is 1.65. The number of rotatable bonds is 1. The first-order chi connectivity index (χ1) is 6.20. The molecule has 0 aromatic carbocycles. The number of H-pyrrole nitrogens is 1. The van der Waals surface area contributed by atoms with Crippen molar-refractivity contribution in [3.8, 4) is 0 Å². The van der Waals surface area contributed by atoms with E-state index in [1.807, 2.05) is 13.8 Å². The molecule has 5 nitrogen and oxygen atoms in total. The number of hydrogen-bond acceptors (Lipinski definition) is 3. The molecule has 0 atom stereocenters. The lowest BCUT2D eigenvalue weighted by atomic mass is 10.4. The van der Waals surface area contributed by atoms with E-state index < -0.39 is 0 Å². The monoisotopic (exact) mass is 178 g/mol. The minimum Gasteiger partial charge on any atom is -0.278 e. The molecule has 5 heteroatoms. The summed E-state index contributed by atoms with van der Waals surface area (Å²) in [5.74, 6) is 0. The lowest BCUT2D eigenvalue weighted by Crippen LogP contribution is -2.18. The van der Waals surface area contributed by atoms with Crippen molar-refractivity contribution in [2.75, 3.05) is 0 Å². The molecular weight excluding hydrogens is 168 g/mol. The van der Waals surface area contributed by atoms with E-state index in [2.05, 4.69) is 15.1 Å². The van der Waals surface area contributed by atoms with Gasteiger partial charge in [0.05, 0.1) is 0 Å². The molecule has 2 aromatic rings. The number of nitrogens with zero attached hydrogens (tertiary/aromatic N) is 3. The summed E-state index contributed by atoms with van der Waals surface area (Å²) in [5.41, 5.74) is 0.527. The summed E-state index contributed by atoms with van der Waals surface area (Å²) in [4.78, 5) is 19.4. The van der Waals surface area contributed by atoms with Crippen LogP contribution in [0.4, 0.5) is 0 Å². The molecule has 0 fully saturated rings. The predicted octanol–water partition coefficient (Wildman–Crippen LogP) is 0.700. The molecule has 0 amide bonds. The van der Waals surface area contributed by atoms with Crippen LogP contribution >= 0.6 is 0 Å².